The quantitative estimate of drug-likeness (QED) is 0.273. The van der Waals surface area contributed by atoms with Gasteiger partial charge in [0.15, 0.2) is 5.69 Å². The Hall–Kier alpha value is -4.21. The molecule has 4 atom stereocenters. The molecule has 1 saturated heterocycles. The largest absolute Gasteiger partial charge is 0.495 e. The van der Waals surface area contributed by atoms with Gasteiger partial charge in [0.1, 0.15) is 45.4 Å². The van der Waals surface area contributed by atoms with Crippen LogP contribution in [0.2, 0.25) is 5.02 Å². The third kappa shape index (κ3) is 5.89. The van der Waals surface area contributed by atoms with Crippen molar-refractivity contribution < 1.29 is 28.6 Å². The molecule has 0 bridgehead atoms. The summed E-state index contributed by atoms with van der Waals surface area (Å²) in [5.74, 6) is -0.0398. The third-order valence-electron chi connectivity index (χ3n) is 9.12. The van der Waals surface area contributed by atoms with E-state index < -0.39 is 23.5 Å². The number of pyridine rings is 1. The van der Waals surface area contributed by atoms with Crippen LogP contribution in [-0.2, 0) is 19.1 Å². The fraction of sp³-hybridized carbons (Fsp3) is 0.455. The van der Waals surface area contributed by atoms with Crippen molar-refractivity contribution in [3.8, 4) is 28.3 Å². The van der Waals surface area contributed by atoms with Crippen LogP contribution in [0.4, 0.5) is 0 Å². The first kappa shape index (κ1) is 31.8. The second-order valence-electron chi connectivity index (χ2n) is 12.0. The average Bonchev–Trinajstić information content (AvgIpc) is 3.36. The molecule has 2 amide bonds. The van der Waals surface area contributed by atoms with Crippen molar-refractivity contribution in [2.75, 3.05) is 34.4 Å². The van der Waals surface area contributed by atoms with E-state index in [1.807, 2.05) is 12.1 Å². The SMILES string of the molecule is COC(=O)[C@]12CC(=O)N3C[C@@H](Oc4cc(-c5nc(C#N)cs5)nc5c(Cl)c(OC)ccc45)C[C@H]3C(=O)N(C)CCCC/C=C\[C@@H]1C2. The highest BCUT2D eigenvalue weighted by atomic mass is 35.5. The molecule has 2 aliphatic heterocycles. The Morgan fingerprint density at radius 1 is 1.20 bits per heavy atom. The zero-order chi connectivity index (χ0) is 32.6. The summed E-state index contributed by atoms with van der Waals surface area (Å²) >= 11 is 7.97. The average molecular weight is 664 g/mol. The summed E-state index contributed by atoms with van der Waals surface area (Å²) in [6.07, 6.45) is 6.88. The van der Waals surface area contributed by atoms with Gasteiger partial charge in [0, 0.05) is 43.3 Å². The number of carbonyl (C=O) groups is 3. The monoisotopic (exact) mass is 663 g/mol. The number of rotatable bonds is 5. The molecule has 3 aliphatic rings. The van der Waals surface area contributed by atoms with E-state index in [1.54, 1.807) is 40.4 Å². The lowest BCUT2D eigenvalue weighted by Crippen LogP contribution is -2.47. The number of thiazole rings is 1. The molecule has 0 unspecified atom stereocenters. The maximum absolute atomic E-state index is 14.0. The number of ether oxygens (including phenoxy) is 3. The van der Waals surface area contributed by atoms with Gasteiger partial charge in [0.05, 0.1) is 31.7 Å². The molecule has 0 spiro atoms. The summed E-state index contributed by atoms with van der Waals surface area (Å²) in [7, 11) is 4.62. The van der Waals surface area contributed by atoms with Crippen LogP contribution >= 0.6 is 22.9 Å². The summed E-state index contributed by atoms with van der Waals surface area (Å²) < 4.78 is 17.2. The summed E-state index contributed by atoms with van der Waals surface area (Å²) in [6, 6.07) is 6.55. The molecule has 1 aliphatic carbocycles. The number of aromatic nitrogens is 2. The second kappa shape index (κ2) is 12.9. The number of benzene rings is 1. The van der Waals surface area contributed by atoms with E-state index in [-0.39, 0.29) is 42.8 Å². The Bertz CT molecular complexity index is 1770. The molecular formula is C33H34ClN5O6S. The van der Waals surface area contributed by atoms with E-state index >= 15 is 0 Å². The van der Waals surface area contributed by atoms with Gasteiger partial charge in [0.25, 0.3) is 0 Å². The topological polar surface area (TPSA) is 135 Å². The number of halogens is 1. The lowest BCUT2D eigenvalue weighted by atomic mass is 9.97. The Kier molecular flexibility index (Phi) is 8.90. The normalized spacial score (nSPS) is 25.7. The minimum atomic E-state index is -0.924. The van der Waals surface area contributed by atoms with Crippen molar-refractivity contribution in [2.24, 2.45) is 11.3 Å². The Morgan fingerprint density at radius 2 is 2.02 bits per heavy atom. The Balaban J connectivity index is 1.35. The van der Waals surface area contributed by atoms with E-state index in [0.29, 0.717) is 51.1 Å². The molecule has 2 fully saturated rings. The number of fused-ring (bicyclic) bond motifs is 3. The van der Waals surface area contributed by atoms with Crippen molar-refractivity contribution in [2.45, 2.75) is 50.7 Å². The second-order valence-corrected chi connectivity index (χ2v) is 13.2. The number of allylic oxidation sites excluding steroid dienone is 2. The van der Waals surface area contributed by atoms with Crippen LogP contribution < -0.4 is 9.47 Å². The molecule has 1 saturated carbocycles. The maximum Gasteiger partial charge on any atom is 0.312 e. The molecule has 11 nitrogen and oxygen atoms in total. The van der Waals surface area contributed by atoms with Crippen LogP contribution in [0.25, 0.3) is 21.6 Å². The number of nitrogens with zero attached hydrogens (tertiary/aromatic N) is 5. The van der Waals surface area contributed by atoms with Crippen LogP contribution in [-0.4, -0.2) is 84.1 Å². The zero-order valence-electron chi connectivity index (χ0n) is 25.8. The first-order valence-electron chi connectivity index (χ1n) is 15.2. The van der Waals surface area contributed by atoms with Crippen molar-refractivity contribution in [1.82, 2.24) is 19.8 Å². The van der Waals surface area contributed by atoms with Crippen LogP contribution in [0, 0.1) is 22.7 Å². The first-order chi connectivity index (χ1) is 22.2. The van der Waals surface area contributed by atoms with Gasteiger partial charge in [-0.3, -0.25) is 14.4 Å². The van der Waals surface area contributed by atoms with Crippen molar-refractivity contribution in [1.29, 1.82) is 5.26 Å². The van der Waals surface area contributed by atoms with Gasteiger partial charge in [-0.25, -0.2) is 9.97 Å². The smallest absolute Gasteiger partial charge is 0.312 e. The highest BCUT2D eigenvalue weighted by Crippen LogP contribution is 2.57. The zero-order valence-corrected chi connectivity index (χ0v) is 27.4. The fourth-order valence-corrected chi connectivity index (χ4v) is 7.48. The molecule has 3 aromatic rings. The standard InChI is InChI=1S/C33H34ClN5O6S/c1-38-11-7-5-4-6-8-19-14-33(19,32(42)44-3)15-27(40)39-17-21(12-24(39)31(38)41)45-26-13-23(30-36-20(16-35)18-46-30)37-29-22(26)9-10-25(43-2)28(29)34/h6,8-10,13,18-19,21,24H,4-5,7,11-12,14-15,17H2,1-3H3/b8-6-/t19-,21+,24+,33-/m1/s1. The molecular weight excluding hydrogens is 630 g/mol. The lowest BCUT2D eigenvalue weighted by Gasteiger charge is -2.29. The number of nitriles is 1. The highest BCUT2D eigenvalue weighted by molar-refractivity contribution is 7.13. The lowest BCUT2D eigenvalue weighted by molar-refractivity contribution is -0.152. The van der Waals surface area contributed by atoms with E-state index in [2.05, 4.69) is 11.1 Å². The Morgan fingerprint density at radius 3 is 2.76 bits per heavy atom. The van der Waals surface area contributed by atoms with E-state index in [1.165, 1.54) is 25.6 Å². The maximum atomic E-state index is 14.0. The highest BCUT2D eigenvalue weighted by Gasteiger charge is 2.61. The molecule has 2 aromatic heterocycles. The number of amides is 2. The molecule has 1 aromatic carbocycles. The number of carbonyl (C=O) groups excluding carboxylic acids is 3. The van der Waals surface area contributed by atoms with E-state index in [4.69, 9.17) is 30.8 Å². The van der Waals surface area contributed by atoms with Crippen molar-refractivity contribution in [3.63, 3.8) is 0 Å². The van der Waals surface area contributed by atoms with Crippen LogP contribution in [0.3, 0.4) is 0 Å². The van der Waals surface area contributed by atoms with Gasteiger partial charge in [-0.05, 0) is 43.7 Å². The van der Waals surface area contributed by atoms with Gasteiger partial charge in [0.2, 0.25) is 11.8 Å². The van der Waals surface area contributed by atoms with Gasteiger partial charge < -0.3 is 24.0 Å². The van der Waals surface area contributed by atoms with Crippen LogP contribution in [0.1, 0.15) is 44.2 Å². The van der Waals surface area contributed by atoms with Crippen molar-refractivity contribution >= 4 is 51.6 Å². The summed E-state index contributed by atoms with van der Waals surface area (Å²) in [4.78, 5) is 53.0. The molecule has 240 valence electrons. The van der Waals surface area contributed by atoms with Crippen LogP contribution in [0.15, 0.2) is 35.7 Å². The van der Waals surface area contributed by atoms with Gasteiger partial charge in [-0.15, -0.1) is 11.3 Å². The minimum Gasteiger partial charge on any atom is -0.495 e. The predicted octanol–water partition coefficient (Wildman–Crippen LogP) is 5.01. The number of esters is 1. The van der Waals surface area contributed by atoms with Gasteiger partial charge in [-0.2, -0.15) is 5.26 Å². The number of methoxy groups -OCH3 is 2. The predicted molar refractivity (Wildman–Crippen MR) is 171 cm³/mol. The Labute approximate surface area is 275 Å². The number of hydrogen-bond donors (Lipinski definition) is 0. The number of likely N-dealkylation sites (N-methyl/N-ethyl adjacent to an activating group) is 1. The van der Waals surface area contributed by atoms with E-state index in [9.17, 15) is 19.6 Å². The third-order valence-corrected chi connectivity index (χ3v) is 10.3. The molecule has 0 N–H and O–H groups in total. The molecule has 6 rings (SSSR count). The molecule has 46 heavy (non-hydrogen) atoms. The minimum absolute atomic E-state index is 0.0437. The fourth-order valence-electron chi connectivity index (χ4n) is 6.50. The molecule has 0 radical (unpaired) electrons. The molecule has 4 heterocycles. The number of hydrogen-bond acceptors (Lipinski definition) is 10. The summed E-state index contributed by atoms with van der Waals surface area (Å²) in [5.41, 5.74) is 0.233. The first-order valence-corrected chi connectivity index (χ1v) is 16.4. The van der Waals surface area contributed by atoms with Gasteiger partial charge >= 0.3 is 5.97 Å². The van der Waals surface area contributed by atoms with Crippen LogP contribution in [0.5, 0.6) is 11.5 Å². The molecule has 13 heteroatoms. The summed E-state index contributed by atoms with van der Waals surface area (Å²) in [6.45, 7) is 0.725. The summed E-state index contributed by atoms with van der Waals surface area (Å²) in [5, 5.41) is 12.4. The van der Waals surface area contributed by atoms with Gasteiger partial charge in [-0.1, -0.05) is 23.8 Å². The van der Waals surface area contributed by atoms with Crippen molar-refractivity contribution in [3.05, 3.63) is 46.4 Å². The van der Waals surface area contributed by atoms with E-state index in [0.717, 1.165) is 19.3 Å².